The predicted octanol–water partition coefficient (Wildman–Crippen LogP) is 3.96. The molecule has 1 saturated heterocycles. The number of hydrogen-bond acceptors (Lipinski definition) is 4. The van der Waals surface area contributed by atoms with Gasteiger partial charge in [0.15, 0.2) is 0 Å². The highest BCUT2D eigenvalue weighted by Gasteiger charge is 2.30. The minimum absolute atomic E-state index is 0. The molecule has 3 atom stereocenters. The number of carbonyl (C=O) groups excluding carboxylic acids is 1. The quantitative estimate of drug-likeness (QED) is 0.704. The summed E-state index contributed by atoms with van der Waals surface area (Å²) in [7, 11) is 1.65. The Kier molecular flexibility index (Phi) is 8.96. The summed E-state index contributed by atoms with van der Waals surface area (Å²) in [6.45, 7) is 3.72. The van der Waals surface area contributed by atoms with Gasteiger partial charge >= 0.3 is 0 Å². The molecule has 1 fully saturated rings. The highest BCUT2D eigenvalue weighted by molar-refractivity contribution is 5.85. The molecule has 3 rings (SSSR count). The van der Waals surface area contributed by atoms with Crippen LogP contribution in [0.3, 0.4) is 0 Å². The lowest BCUT2D eigenvalue weighted by molar-refractivity contribution is -0.138. The first-order valence-corrected chi connectivity index (χ1v) is 9.93. The minimum Gasteiger partial charge on any atom is -0.496 e. The summed E-state index contributed by atoms with van der Waals surface area (Å²) in [5, 5.41) is 0. The van der Waals surface area contributed by atoms with Gasteiger partial charge in [-0.3, -0.25) is 4.79 Å². The summed E-state index contributed by atoms with van der Waals surface area (Å²) >= 11 is 0. The zero-order valence-corrected chi connectivity index (χ0v) is 17.9. The SMILES string of the molecule is COc1ccccc1CN(CC1CCCO1)C(=O)C(C)C(N)c1ccccc1.Cl. The normalized spacial score (nSPS) is 17.8. The Labute approximate surface area is 179 Å². The molecule has 0 bridgehead atoms. The summed E-state index contributed by atoms with van der Waals surface area (Å²) in [5.74, 6) is 0.490. The van der Waals surface area contributed by atoms with Gasteiger partial charge in [-0.2, -0.15) is 0 Å². The van der Waals surface area contributed by atoms with E-state index in [4.69, 9.17) is 15.2 Å². The van der Waals surface area contributed by atoms with Crippen LogP contribution >= 0.6 is 12.4 Å². The van der Waals surface area contributed by atoms with E-state index in [1.54, 1.807) is 7.11 Å². The fourth-order valence-electron chi connectivity index (χ4n) is 3.71. The molecule has 0 radical (unpaired) electrons. The van der Waals surface area contributed by atoms with Gasteiger partial charge < -0.3 is 20.1 Å². The molecule has 1 amide bonds. The van der Waals surface area contributed by atoms with Crippen molar-refractivity contribution in [1.29, 1.82) is 0 Å². The van der Waals surface area contributed by atoms with Gasteiger partial charge in [0, 0.05) is 31.3 Å². The van der Waals surface area contributed by atoms with E-state index in [0.717, 1.165) is 36.3 Å². The van der Waals surface area contributed by atoms with E-state index in [0.29, 0.717) is 13.1 Å². The van der Waals surface area contributed by atoms with Crippen LogP contribution in [0.4, 0.5) is 0 Å². The van der Waals surface area contributed by atoms with Crippen LogP contribution in [-0.4, -0.2) is 37.2 Å². The number of para-hydroxylation sites is 1. The summed E-state index contributed by atoms with van der Waals surface area (Å²) in [6, 6.07) is 17.3. The van der Waals surface area contributed by atoms with E-state index in [1.807, 2.05) is 66.4 Å². The molecule has 1 heterocycles. The number of ether oxygens (including phenoxy) is 2. The van der Waals surface area contributed by atoms with Crippen molar-refractivity contribution >= 4 is 18.3 Å². The van der Waals surface area contributed by atoms with Crippen molar-refractivity contribution in [2.45, 2.75) is 38.5 Å². The zero-order valence-electron chi connectivity index (χ0n) is 17.1. The van der Waals surface area contributed by atoms with Crippen LogP contribution in [-0.2, 0) is 16.1 Å². The largest absolute Gasteiger partial charge is 0.496 e. The summed E-state index contributed by atoms with van der Waals surface area (Å²) in [6.07, 6.45) is 2.11. The fraction of sp³-hybridized carbons (Fsp3) is 0.435. The molecule has 0 aromatic heterocycles. The van der Waals surface area contributed by atoms with Crippen LogP contribution < -0.4 is 10.5 Å². The second-order valence-corrected chi connectivity index (χ2v) is 7.39. The van der Waals surface area contributed by atoms with Crippen LogP contribution in [0.5, 0.6) is 5.75 Å². The molecule has 0 aliphatic carbocycles. The van der Waals surface area contributed by atoms with Crippen LogP contribution in [0.1, 0.15) is 36.9 Å². The standard InChI is InChI=1S/C23H30N2O3.ClH/c1-17(22(24)18-9-4-3-5-10-18)23(26)25(16-20-12-8-14-28-20)15-19-11-6-7-13-21(19)27-2;/h3-7,9-11,13,17,20,22H,8,12,14-16,24H2,1-2H3;1H. The number of methoxy groups -OCH3 is 1. The predicted molar refractivity (Wildman–Crippen MR) is 117 cm³/mol. The average molecular weight is 419 g/mol. The molecule has 0 saturated carbocycles. The molecule has 6 heteroatoms. The average Bonchev–Trinajstić information content (AvgIpc) is 3.26. The van der Waals surface area contributed by atoms with Gasteiger partial charge in [-0.25, -0.2) is 0 Å². The molecule has 29 heavy (non-hydrogen) atoms. The van der Waals surface area contributed by atoms with Crippen LogP contribution in [0.25, 0.3) is 0 Å². The van der Waals surface area contributed by atoms with Gasteiger partial charge in [0.1, 0.15) is 5.75 Å². The Bertz CT molecular complexity index is 766. The van der Waals surface area contributed by atoms with Gasteiger partial charge in [0.25, 0.3) is 0 Å². The molecule has 1 aliphatic heterocycles. The molecule has 0 spiro atoms. The number of nitrogens with two attached hydrogens (primary N) is 1. The molecule has 2 aromatic rings. The van der Waals surface area contributed by atoms with Crippen molar-refractivity contribution in [2.75, 3.05) is 20.3 Å². The molecule has 3 unspecified atom stereocenters. The Balaban J connectivity index is 0.00000300. The molecule has 5 nitrogen and oxygen atoms in total. The highest BCUT2D eigenvalue weighted by Crippen LogP contribution is 2.26. The van der Waals surface area contributed by atoms with Gasteiger partial charge in [0.05, 0.1) is 19.1 Å². The first-order chi connectivity index (χ1) is 13.6. The number of carbonyl (C=O) groups is 1. The van der Waals surface area contributed by atoms with E-state index < -0.39 is 0 Å². The summed E-state index contributed by atoms with van der Waals surface area (Å²) in [5.41, 5.74) is 8.38. The van der Waals surface area contributed by atoms with E-state index in [9.17, 15) is 4.79 Å². The third-order valence-electron chi connectivity index (χ3n) is 5.43. The number of halogens is 1. The zero-order chi connectivity index (χ0) is 19.9. The number of rotatable bonds is 8. The van der Waals surface area contributed by atoms with E-state index in [1.165, 1.54) is 0 Å². The van der Waals surface area contributed by atoms with Gasteiger partial charge in [0.2, 0.25) is 5.91 Å². The molecule has 158 valence electrons. The lowest BCUT2D eigenvalue weighted by Crippen LogP contribution is -2.42. The third kappa shape index (κ3) is 5.95. The number of benzene rings is 2. The topological polar surface area (TPSA) is 64.8 Å². The maximum Gasteiger partial charge on any atom is 0.227 e. The van der Waals surface area contributed by atoms with E-state index >= 15 is 0 Å². The van der Waals surface area contributed by atoms with Crippen molar-refractivity contribution in [3.05, 3.63) is 65.7 Å². The van der Waals surface area contributed by atoms with Crippen LogP contribution in [0, 0.1) is 5.92 Å². The fourth-order valence-corrected chi connectivity index (χ4v) is 3.71. The smallest absolute Gasteiger partial charge is 0.227 e. The lowest BCUT2D eigenvalue weighted by Gasteiger charge is -2.31. The maximum absolute atomic E-state index is 13.4. The van der Waals surface area contributed by atoms with Gasteiger partial charge in [-0.15, -0.1) is 12.4 Å². The molecular formula is C23H31ClN2O3. The van der Waals surface area contributed by atoms with Crippen LogP contribution in [0.2, 0.25) is 0 Å². The Hall–Kier alpha value is -2.08. The van der Waals surface area contributed by atoms with Crippen LogP contribution in [0.15, 0.2) is 54.6 Å². The maximum atomic E-state index is 13.4. The second kappa shape index (κ2) is 11.2. The Morgan fingerprint density at radius 3 is 2.55 bits per heavy atom. The number of nitrogens with zero attached hydrogens (tertiary/aromatic N) is 1. The first-order valence-electron chi connectivity index (χ1n) is 9.93. The monoisotopic (exact) mass is 418 g/mol. The van der Waals surface area contributed by atoms with Crippen molar-refractivity contribution in [2.24, 2.45) is 11.7 Å². The minimum atomic E-state index is -0.349. The molecule has 1 aliphatic rings. The molecular weight excluding hydrogens is 388 g/mol. The van der Waals surface area contributed by atoms with Gasteiger partial charge in [-0.05, 0) is 24.5 Å². The second-order valence-electron chi connectivity index (χ2n) is 7.39. The van der Waals surface area contributed by atoms with Crippen molar-refractivity contribution in [1.82, 2.24) is 4.90 Å². The van der Waals surface area contributed by atoms with Crippen molar-refractivity contribution < 1.29 is 14.3 Å². The van der Waals surface area contributed by atoms with Crippen molar-refractivity contribution in [3.8, 4) is 5.75 Å². The molecule has 2 aromatic carbocycles. The lowest BCUT2D eigenvalue weighted by atomic mass is 9.93. The van der Waals surface area contributed by atoms with Crippen molar-refractivity contribution in [3.63, 3.8) is 0 Å². The summed E-state index contributed by atoms with van der Waals surface area (Å²) < 4.78 is 11.3. The molecule has 2 N–H and O–H groups in total. The Morgan fingerprint density at radius 2 is 1.90 bits per heavy atom. The number of hydrogen-bond donors (Lipinski definition) is 1. The first kappa shape index (κ1) is 23.2. The third-order valence-corrected chi connectivity index (χ3v) is 5.43. The van der Waals surface area contributed by atoms with Gasteiger partial charge in [-0.1, -0.05) is 55.5 Å². The van der Waals surface area contributed by atoms with E-state index in [-0.39, 0.29) is 36.4 Å². The number of amides is 1. The highest BCUT2D eigenvalue weighted by atomic mass is 35.5. The Morgan fingerprint density at radius 1 is 1.21 bits per heavy atom. The summed E-state index contributed by atoms with van der Waals surface area (Å²) in [4.78, 5) is 15.3. The van der Waals surface area contributed by atoms with E-state index in [2.05, 4.69) is 0 Å².